The number of hydrogen-bond donors (Lipinski definition) is 4. The molecular weight excluding hydrogens is 667 g/mol. The van der Waals surface area contributed by atoms with Crippen molar-refractivity contribution < 1.29 is 24.2 Å². The monoisotopic (exact) mass is 719 g/mol. The van der Waals surface area contributed by atoms with Crippen LogP contribution in [0.5, 0.6) is 5.75 Å². The summed E-state index contributed by atoms with van der Waals surface area (Å²) >= 11 is 0. The van der Waals surface area contributed by atoms with E-state index in [0.717, 1.165) is 13.0 Å². The van der Waals surface area contributed by atoms with Crippen molar-refractivity contribution in [3.63, 3.8) is 0 Å². The van der Waals surface area contributed by atoms with Gasteiger partial charge in [-0.3, -0.25) is 19.3 Å². The molecule has 0 spiro atoms. The van der Waals surface area contributed by atoms with Gasteiger partial charge in [-0.05, 0) is 73.8 Å². The van der Waals surface area contributed by atoms with Crippen molar-refractivity contribution in [2.24, 2.45) is 5.92 Å². The van der Waals surface area contributed by atoms with E-state index in [1.807, 2.05) is 55.5 Å². The lowest BCUT2D eigenvalue weighted by Crippen LogP contribution is -2.47. The summed E-state index contributed by atoms with van der Waals surface area (Å²) in [5.74, 6) is 0.247. The Balaban J connectivity index is 1.19. The van der Waals surface area contributed by atoms with Gasteiger partial charge in [-0.15, -0.1) is 0 Å². The van der Waals surface area contributed by atoms with Gasteiger partial charge in [-0.25, -0.2) is 0 Å². The second-order valence-electron chi connectivity index (χ2n) is 14.2. The number of unbranched alkanes of at least 4 members (excludes halogenated alkanes) is 2. The molecule has 10 heteroatoms. The smallest absolute Gasteiger partial charge is 0.227 e. The van der Waals surface area contributed by atoms with Gasteiger partial charge in [0.15, 0.2) is 0 Å². The van der Waals surface area contributed by atoms with Crippen LogP contribution >= 0.6 is 0 Å². The second kappa shape index (κ2) is 19.0. The van der Waals surface area contributed by atoms with E-state index in [0.29, 0.717) is 67.1 Å². The Morgan fingerprint density at radius 1 is 0.906 bits per heavy atom. The van der Waals surface area contributed by atoms with E-state index in [1.54, 1.807) is 17.0 Å². The minimum atomic E-state index is -0.349. The minimum Gasteiger partial charge on any atom is -0.488 e. The maximum atomic E-state index is 13.7. The van der Waals surface area contributed by atoms with Gasteiger partial charge < -0.3 is 31.1 Å². The summed E-state index contributed by atoms with van der Waals surface area (Å²) in [5.41, 5.74) is 11.8. The Bertz CT molecular complexity index is 1820. The number of aliphatic hydroxyl groups is 1. The number of para-hydroxylation sites is 2. The van der Waals surface area contributed by atoms with E-state index >= 15 is 0 Å². The number of amides is 3. The van der Waals surface area contributed by atoms with Crippen molar-refractivity contribution in [3.8, 4) is 16.9 Å². The number of aliphatic hydroxyl groups excluding tert-OH is 1. The van der Waals surface area contributed by atoms with Gasteiger partial charge in [0, 0.05) is 49.6 Å². The zero-order valence-electron chi connectivity index (χ0n) is 31.1. The molecule has 3 amide bonds. The largest absolute Gasteiger partial charge is 0.488 e. The maximum absolute atomic E-state index is 13.7. The SMILES string of the molecule is C[C@@H]1CN([C@@H](C)CO)C(=O)Cc2cc(NC(=O)CCCCCC(=O)Nc3ccccc3N)ccc2O[C@H]1CN(C)Cc1ccc(-c2ccccc2)cc1. The Kier molecular flexibility index (Phi) is 14.0. The van der Waals surface area contributed by atoms with Gasteiger partial charge in [-0.1, -0.05) is 80.1 Å². The van der Waals surface area contributed by atoms with Crippen LogP contribution in [0.25, 0.3) is 11.1 Å². The average Bonchev–Trinajstić information content (AvgIpc) is 3.19. The molecule has 4 aromatic rings. The maximum Gasteiger partial charge on any atom is 0.227 e. The normalized spacial score (nSPS) is 16.5. The quantitative estimate of drug-likeness (QED) is 0.0789. The Morgan fingerprint density at radius 3 is 2.26 bits per heavy atom. The van der Waals surface area contributed by atoms with Crippen LogP contribution in [0.3, 0.4) is 0 Å². The highest BCUT2D eigenvalue weighted by atomic mass is 16.5. The van der Waals surface area contributed by atoms with E-state index in [9.17, 15) is 19.5 Å². The standard InChI is InChI=1S/C43H53N5O5/c1-30-26-48(31(2)29-49)43(52)25-35-24-36(45-41(50)16-8-5-9-17-42(51)46-38-15-11-10-14-37(38)44)22-23-39(35)53-40(30)28-47(3)27-32-18-20-34(21-19-32)33-12-6-4-7-13-33/h4,6-7,10-15,18-24,30-31,40,49H,5,8-9,16-17,25-29,44H2,1-3H3,(H,45,50)(H,46,51)/t30-,31+,40+/m1/s1. The molecule has 53 heavy (non-hydrogen) atoms. The number of hydrogen-bond acceptors (Lipinski definition) is 7. The van der Waals surface area contributed by atoms with Crippen molar-refractivity contribution in [2.45, 2.75) is 71.1 Å². The Morgan fingerprint density at radius 2 is 1.57 bits per heavy atom. The number of rotatable bonds is 15. The fraction of sp³-hybridized carbons (Fsp3) is 0.372. The van der Waals surface area contributed by atoms with E-state index in [-0.39, 0.29) is 48.8 Å². The van der Waals surface area contributed by atoms with Gasteiger partial charge >= 0.3 is 0 Å². The van der Waals surface area contributed by atoms with Gasteiger partial charge in [0.1, 0.15) is 11.9 Å². The molecule has 10 nitrogen and oxygen atoms in total. The van der Waals surface area contributed by atoms with Crippen LogP contribution in [-0.4, -0.2) is 71.5 Å². The first-order valence-electron chi connectivity index (χ1n) is 18.6. The number of anilines is 3. The molecule has 280 valence electrons. The van der Waals surface area contributed by atoms with E-state index in [4.69, 9.17) is 10.5 Å². The molecule has 0 fully saturated rings. The highest BCUT2D eigenvalue weighted by molar-refractivity contribution is 5.94. The molecule has 0 radical (unpaired) electrons. The van der Waals surface area contributed by atoms with E-state index in [2.05, 4.69) is 65.9 Å². The van der Waals surface area contributed by atoms with Crippen LogP contribution in [0.1, 0.15) is 57.1 Å². The first kappa shape index (κ1) is 39.0. The Hall–Kier alpha value is -5.19. The first-order chi connectivity index (χ1) is 25.6. The number of carbonyl (C=O) groups excluding carboxylic acids is 3. The van der Waals surface area contributed by atoms with Crippen molar-refractivity contribution in [3.05, 3.63) is 108 Å². The number of benzene rings is 4. The molecule has 5 N–H and O–H groups in total. The molecule has 3 atom stereocenters. The molecule has 0 aromatic heterocycles. The first-order valence-corrected chi connectivity index (χ1v) is 18.6. The predicted octanol–water partition coefficient (Wildman–Crippen LogP) is 6.74. The number of carbonyl (C=O) groups is 3. The molecule has 5 rings (SSSR count). The third kappa shape index (κ3) is 11.4. The van der Waals surface area contributed by atoms with E-state index in [1.165, 1.54) is 16.7 Å². The van der Waals surface area contributed by atoms with Crippen LogP contribution in [0.4, 0.5) is 17.1 Å². The summed E-state index contributed by atoms with van der Waals surface area (Å²) in [4.78, 5) is 42.8. The van der Waals surface area contributed by atoms with Crippen LogP contribution in [0.2, 0.25) is 0 Å². The summed E-state index contributed by atoms with van der Waals surface area (Å²) in [6.45, 7) is 5.60. The number of nitrogens with one attached hydrogen (secondary N) is 2. The zero-order valence-corrected chi connectivity index (χ0v) is 31.1. The molecule has 0 bridgehead atoms. The summed E-state index contributed by atoms with van der Waals surface area (Å²) < 4.78 is 6.70. The molecule has 4 aromatic carbocycles. The summed E-state index contributed by atoms with van der Waals surface area (Å²) in [5, 5.41) is 15.8. The molecule has 0 unspecified atom stereocenters. The molecule has 1 aliphatic rings. The van der Waals surface area contributed by atoms with Crippen LogP contribution in [-0.2, 0) is 27.3 Å². The molecule has 0 saturated heterocycles. The van der Waals surface area contributed by atoms with Gasteiger partial charge in [0.05, 0.1) is 30.4 Å². The third-order valence-corrected chi connectivity index (χ3v) is 9.75. The number of ether oxygens (including phenoxy) is 1. The zero-order chi connectivity index (χ0) is 37.7. The topological polar surface area (TPSA) is 137 Å². The Labute approximate surface area is 313 Å². The lowest BCUT2D eigenvalue weighted by atomic mass is 10.0. The van der Waals surface area contributed by atoms with Crippen molar-refractivity contribution in [2.75, 3.05) is 43.1 Å². The average molecular weight is 720 g/mol. The van der Waals surface area contributed by atoms with Crippen LogP contribution in [0, 0.1) is 5.92 Å². The molecule has 1 heterocycles. The molecule has 0 aliphatic carbocycles. The van der Waals surface area contributed by atoms with E-state index < -0.39 is 0 Å². The number of likely N-dealkylation sites (N-methyl/N-ethyl adjacent to an activating group) is 1. The second-order valence-corrected chi connectivity index (χ2v) is 14.2. The summed E-state index contributed by atoms with van der Waals surface area (Å²) in [7, 11) is 2.07. The van der Waals surface area contributed by atoms with Crippen molar-refractivity contribution in [1.29, 1.82) is 0 Å². The molecule has 0 saturated carbocycles. The minimum absolute atomic E-state index is 0.0243. The van der Waals surface area contributed by atoms with Gasteiger partial charge in [0.2, 0.25) is 17.7 Å². The van der Waals surface area contributed by atoms with Crippen LogP contribution in [0.15, 0.2) is 97.1 Å². The fourth-order valence-corrected chi connectivity index (χ4v) is 6.64. The predicted molar refractivity (Wildman–Crippen MR) is 211 cm³/mol. The van der Waals surface area contributed by atoms with Gasteiger partial charge in [-0.2, -0.15) is 0 Å². The number of fused-ring (bicyclic) bond motifs is 1. The van der Waals surface area contributed by atoms with Crippen molar-refractivity contribution >= 4 is 34.8 Å². The third-order valence-electron chi connectivity index (χ3n) is 9.75. The number of nitrogen functional groups attached to an aromatic ring is 1. The van der Waals surface area contributed by atoms with Crippen LogP contribution < -0.4 is 21.1 Å². The molecule has 1 aliphatic heterocycles. The fourth-order valence-electron chi connectivity index (χ4n) is 6.64. The van der Waals surface area contributed by atoms with Gasteiger partial charge in [0.25, 0.3) is 0 Å². The highest BCUT2D eigenvalue weighted by Gasteiger charge is 2.31. The number of nitrogens with zero attached hydrogens (tertiary/aromatic N) is 2. The highest BCUT2D eigenvalue weighted by Crippen LogP contribution is 2.30. The lowest BCUT2D eigenvalue weighted by Gasteiger charge is -2.34. The van der Waals surface area contributed by atoms with Crippen molar-refractivity contribution in [1.82, 2.24) is 9.80 Å². The molecular formula is C43H53N5O5. The summed E-state index contributed by atoms with van der Waals surface area (Å²) in [6.07, 6.45) is 2.52. The number of nitrogens with two attached hydrogens (primary N) is 1. The lowest BCUT2D eigenvalue weighted by molar-refractivity contribution is -0.134. The summed E-state index contributed by atoms with van der Waals surface area (Å²) in [6, 6.07) is 31.2.